The van der Waals surface area contributed by atoms with Crippen molar-refractivity contribution in [2.24, 2.45) is 5.10 Å². The number of carbonyl (C=O) groups excluding carboxylic acids is 1. The zero-order valence-electron chi connectivity index (χ0n) is 15.4. The van der Waals surface area contributed by atoms with Crippen LogP contribution in [0.5, 0.6) is 0 Å². The van der Waals surface area contributed by atoms with Crippen LogP contribution in [0.2, 0.25) is 0 Å². The highest BCUT2D eigenvalue weighted by Gasteiger charge is 2.33. The standard InChI is InChI=1S/C19H19F3N4O2S/c1-2-7-25-9-8-24(12-23-25)16-5-3-13(10-15(16)20)26-11-14(28-19(26)27)4-6-17(29)18(21)22/h1,3,5,10,12,14,18H,4,6-9,11H2/t14-/m0/s1. The molecule has 3 rings (SSSR count). The number of anilines is 2. The van der Waals surface area contributed by atoms with E-state index in [0.29, 0.717) is 31.0 Å². The van der Waals surface area contributed by atoms with Gasteiger partial charge in [0.1, 0.15) is 18.3 Å². The molecule has 1 atom stereocenters. The number of ether oxygens (including phenoxy) is 1. The zero-order valence-corrected chi connectivity index (χ0v) is 16.2. The van der Waals surface area contributed by atoms with Gasteiger partial charge in [0.05, 0.1) is 35.9 Å². The van der Waals surface area contributed by atoms with Crippen LogP contribution in [0.3, 0.4) is 0 Å². The third-order valence-electron chi connectivity index (χ3n) is 4.61. The van der Waals surface area contributed by atoms with Crippen molar-refractivity contribution < 1.29 is 22.7 Å². The number of nitrogens with zero attached hydrogens (tertiary/aromatic N) is 4. The molecule has 154 valence electrons. The lowest BCUT2D eigenvalue weighted by Gasteiger charge is -2.29. The third kappa shape index (κ3) is 4.98. The fourth-order valence-corrected chi connectivity index (χ4v) is 3.19. The molecule has 0 unspecified atom stereocenters. The summed E-state index contributed by atoms with van der Waals surface area (Å²) in [5, 5.41) is 5.86. The van der Waals surface area contributed by atoms with Gasteiger partial charge in [-0.15, -0.1) is 6.42 Å². The minimum atomic E-state index is -2.67. The molecule has 2 aliphatic heterocycles. The van der Waals surface area contributed by atoms with Crippen LogP contribution in [0.4, 0.5) is 29.3 Å². The Kier molecular flexibility index (Phi) is 6.59. The molecule has 1 saturated heterocycles. The molecule has 0 spiro atoms. The summed E-state index contributed by atoms with van der Waals surface area (Å²) in [6, 6.07) is 4.40. The number of cyclic esters (lactones) is 1. The van der Waals surface area contributed by atoms with Crippen molar-refractivity contribution in [3.8, 4) is 12.3 Å². The summed E-state index contributed by atoms with van der Waals surface area (Å²) in [6.07, 6.45) is 3.05. The van der Waals surface area contributed by atoms with Crippen LogP contribution in [0.1, 0.15) is 12.8 Å². The van der Waals surface area contributed by atoms with Gasteiger partial charge in [-0.05, 0) is 31.0 Å². The van der Waals surface area contributed by atoms with Gasteiger partial charge in [0.2, 0.25) is 0 Å². The van der Waals surface area contributed by atoms with Crippen LogP contribution in [-0.4, -0.2) is 61.0 Å². The molecule has 1 aromatic carbocycles. The summed E-state index contributed by atoms with van der Waals surface area (Å²) in [5.41, 5.74) is 0.655. The minimum Gasteiger partial charge on any atom is -0.444 e. The predicted octanol–water partition coefficient (Wildman–Crippen LogP) is 3.26. The second-order valence-corrected chi connectivity index (χ2v) is 7.10. The smallest absolute Gasteiger partial charge is 0.414 e. The number of thiocarbonyl (C=S) groups is 1. The monoisotopic (exact) mass is 424 g/mol. The van der Waals surface area contributed by atoms with Crippen LogP contribution in [-0.2, 0) is 4.74 Å². The van der Waals surface area contributed by atoms with Gasteiger partial charge in [0, 0.05) is 6.54 Å². The lowest BCUT2D eigenvalue weighted by Crippen LogP contribution is -2.38. The predicted molar refractivity (Wildman–Crippen MR) is 108 cm³/mol. The third-order valence-corrected chi connectivity index (χ3v) is 4.99. The van der Waals surface area contributed by atoms with E-state index in [2.05, 4.69) is 23.2 Å². The highest BCUT2D eigenvalue weighted by atomic mass is 32.1. The molecule has 1 amide bonds. The van der Waals surface area contributed by atoms with Crippen LogP contribution in [0.15, 0.2) is 23.3 Å². The van der Waals surface area contributed by atoms with E-state index in [1.807, 2.05) is 0 Å². The fraction of sp³-hybridized carbons (Fsp3) is 0.421. The van der Waals surface area contributed by atoms with E-state index >= 15 is 0 Å². The number of hydrogen-bond acceptors (Lipinski definition) is 6. The molecular weight excluding hydrogens is 405 g/mol. The Morgan fingerprint density at radius 3 is 2.83 bits per heavy atom. The van der Waals surface area contributed by atoms with E-state index < -0.39 is 24.4 Å². The number of terminal acetylenes is 1. The van der Waals surface area contributed by atoms with E-state index in [-0.39, 0.29) is 24.3 Å². The Morgan fingerprint density at radius 1 is 1.41 bits per heavy atom. The number of carbonyl (C=O) groups is 1. The Bertz CT molecular complexity index is 858. The number of alkyl halides is 2. The average molecular weight is 424 g/mol. The molecule has 2 heterocycles. The van der Waals surface area contributed by atoms with Crippen molar-refractivity contribution in [1.29, 1.82) is 0 Å². The average Bonchev–Trinajstić information content (AvgIpc) is 3.07. The van der Waals surface area contributed by atoms with Gasteiger partial charge < -0.3 is 9.64 Å². The summed E-state index contributed by atoms with van der Waals surface area (Å²) in [7, 11) is 0. The van der Waals surface area contributed by atoms with Gasteiger partial charge in [-0.25, -0.2) is 18.0 Å². The van der Waals surface area contributed by atoms with Crippen molar-refractivity contribution in [3.63, 3.8) is 0 Å². The van der Waals surface area contributed by atoms with Crippen molar-refractivity contribution in [2.45, 2.75) is 25.4 Å². The summed E-state index contributed by atoms with van der Waals surface area (Å²) in [6.45, 7) is 1.60. The zero-order chi connectivity index (χ0) is 21.0. The van der Waals surface area contributed by atoms with Crippen molar-refractivity contribution in [2.75, 3.05) is 36.0 Å². The molecule has 0 saturated carbocycles. The van der Waals surface area contributed by atoms with Crippen molar-refractivity contribution in [1.82, 2.24) is 5.01 Å². The molecular formula is C19H19F3N4O2S. The van der Waals surface area contributed by atoms with E-state index in [9.17, 15) is 18.0 Å². The Morgan fingerprint density at radius 2 is 2.21 bits per heavy atom. The Hall–Kier alpha value is -2.80. The van der Waals surface area contributed by atoms with E-state index in [0.717, 1.165) is 0 Å². The van der Waals surface area contributed by atoms with E-state index in [1.54, 1.807) is 22.0 Å². The number of halogens is 3. The summed E-state index contributed by atoms with van der Waals surface area (Å²) in [4.78, 5) is 14.7. The quantitative estimate of drug-likeness (QED) is 0.497. The number of hydrazone groups is 1. The van der Waals surface area contributed by atoms with Crippen LogP contribution in [0.25, 0.3) is 0 Å². The highest BCUT2D eigenvalue weighted by molar-refractivity contribution is 7.80. The first-order chi connectivity index (χ1) is 13.9. The topological polar surface area (TPSA) is 48.4 Å². The van der Waals surface area contributed by atoms with Gasteiger partial charge in [-0.1, -0.05) is 18.1 Å². The maximum Gasteiger partial charge on any atom is 0.414 e. The molecule has 2 aliphatic rings. The first-order valence-corrected chi connectivity index (χ1v) is 9.37. The number of amides is 1. The van der Waals surface area contributed by atoms with Gasteiger partial charge >= 0.3 is 6.09 Å². The lowest BCUT2D eigenvalue weighted by atomic mass is 10.1. The molecule has 1 aromatic rings. The first-order valence-electron chi connectivity index (χ1n) is 8.96. The van der Waals surface area contributed by atoms with E-state index in [1.165, 1.54) is 17.3 Å². The van der Waals surface area contributed by atoms with Gasteiger partial charge in [0.25, 0.3) is 6.43 Å². The fourth-order valence-electron chi connectivity index (χ4n) is 3.07. The molecule has 0 aromatic heterocycles. The second-order valence-electron chi connectivity index (χ2n) is 6.57. The SMILES string of the molecule is C#CCN1CCN(c2ccc(N3C[C@H](CCC(=S)C(F)F)OC3=O)cc2F)C=N1. The molecule has 10 heteroatoms. The molecule has 0 radical (unpaired) electrons. The van der Waals surface area contributed by atoms with Gasteiger partial charge in [-0.2, -0.15) is 5.10 Å². The number of rotatable bonds is 7. The maximum absolute atomic E-state index is 14.7. The molecule has 0 bridgehead atoms. The molecule has 1 fully saturated rings. The van der Waals surface area contributed by atoms with Crippen molar-refractivity contribution >= 4 is 40.9 Å². The molecule has 6 nitrogen and oxygen atoms in total. The van der Waals surface area contributed by atoms with Gasteiger partial charge in [-0.3, -0.25) is 9.91 Å². The molecule has 0 N–H and O–H groups in total. The second kappa shape index (κ2) is 9.13. The van der Waals surface area contributed by atoms with Gasteiger partial charge in [0.15, 0.2) is 0 Å². The van der Waals surface area contributed by atoms with Crippen molar-refractivity contribution in [3.05, 3.63) is 24.0 Å². The first kappa shape index (κ1) is 20.9. The number of benzene rings is 1. The summed E-state index contributed by atoms with van der Waals surface area (Å²) < 4.78 is 44.8. The van der Waals surface area contributed by atoms with E-state index in [4.69, 9.17) is 11.2 Å². The highest BCUT2D eigenvalue weighted by Crippen LogP contribution is 2.29. The Labute approximate surface area is 171 Å². The molecule has 0 aliphatic carbocycles. The Balaban J connectivity index is 1.64. The molecule has 29 heavy (non-hydrogen) atoms. The van der Waals surface area contributed by atoms with Crippen LogP contribution < -0.4 is 9.80 Å². The normalized spacial score (nSPS) is 18.9. The maximum atomic E-state index is 14.7. The largest absolute Gasteiger partial charge is 0.444 e. The lowest BCUT2D eigenvalue weighted by molar-refractivity contribution is 0.137. The van der Waals surface area contributed by atoms with Crippen LogP contribution in [0, 0.1) is 18.2 Å². The number of hydrogen-bond donors (Lipinski definition) is 0. The summed E-state index contributed by atoms with van der Waals surface area (Å²) in [5.74, 6) is 1.98. The minimum absolute atomic E-state index is 0.0168. The summed E-state index contributed by atoms with van der Waals surface area (Å²) >= 11 is 4.60. The van der Waals surface area contributed by atoms with Crippen LogP contribution >= 0.6 is 12.2 Å².